The molecule has 2 aliphatic carbocycles. The standard InChI is InChI=1S/C43H58O6/c1-27(2)13-11-15-30(7)21-23-42-26-33(19-17-29(5)6)41(9,10)43(40(42)49,24-22-31(8)16-12-14-28(3)4)39(48)36(38(42)47)37(46)32-18-20-34(44)35(45)25-32/h13-14,17-18,20-22,25,33,44-46H,11-12,15-16,19,23-24,26H2,1-10H3. The molecule has 2 fully saturated rings. The number of benzene rings is 1. The van der Waals surface area contributed by atoms with Gasteiger partial charge in [0.1, 0.15) is 16.7 Å². The van der Waals surface area contributed by atoms with Crippen LogP contribution < -0.4 is 0 Å². The summed E-state index contributed by atoms with van der Waals surface area (Å²) >= 11 is 0. The minimum Gasteiger partial charge on any atom is -0.506 e. The first-order valence-corrected chi connectivity index (χ1v) is 17.6. The Hall–Kier alpha value is -3.93. The number of carbonyl (C=O) groups excluding carboxylic acids is 3. The summed E-state index contributed by atoms with van der Waals surface area (Å²) in [5, 5.41) is 32.0. The van der Waals surface area contributed by atoms with Crippen molar-refractivity contribution in [3.63, 3.8) is 0 Å². The van der Waals surface area contributed by atoms with Crippen LogP contribution in [0, 0.1) is 22.2 Å². The topological polar surface area (TPSA) is 112 Å². The number of Topliss-reactive ketones (excluding diaryl/α,β-unsaturated/α-hetero) is 3. The van der Waals surface area contributed by atoms with E-state index in [2.05, 4.69) is 45.9 Å². The van der Waals surface area contributed by atoms with Gasteiger partial charge in [-0.2, -0.15) is 0 Å². The molecule has 2 saturated carbocycles. The van der Waals surface area contributed by atoms with Gasteiger partial charge in [0, 0.05) is 5.56 Å². The molecule has 6 heteroatoms. The number of phenolic OH excluding ortho intramolecular Hbond substituents is 2. The van der Waals surface area contributed by atoms with Gasteiger partial charge >= 0.3 is 0 Å². The molecule has 1 aromatic rings. The highest BCUT2D eigenvalue weighted by atomic mass is 16.3. The molecule has 0 aliphatic heterocycles. The van der Waals surface area contributed by atoms with Crippen LogP contribution in [0.1, 0.15) is 126 Å². The summed E-state index contributed by atoms with van der Waals surface area (Å²) in [5.74, 6) is -3.35. The van der Waals surface area contributed by atoms with Crippen LogP contribution in [0.2, 0.25) is 0 Å². The van der Waals surface area contributed by atoms with Crippen molar-refractivity contribution >= 4 is 23.1 Å². The maximum atomic E-state index is 15.3. The van der Waals surface area contributed by atoms with Crippen LogP contribution in [-0.4, -0.2) is 32.7 Å². The number of hydrogen-bond acceptors (Lipinski definition) is 6. The van der Waals surface area contributed by atoms with E-state index in [0.717, 1.165) is 48.5 Å². The Morgan fingerprint density at radius 3 is 1.78 bits per heavy atom. The van der Waals surface area contributed by atoms with E-state index in [-0.39, 0.29) is 36.5 Å². The van der Waals surface area contributed by atoms with Crippen molar-refractivity contribution in [2.45, 2.75) is 121 Å². The molecule has 0 amide bonds. The number of aromatic hydroxyl groups is 2. The van der Waals surface area contributed by atoms with Crippen molar-refractivity contribution in [1.82, 2.24) is 0 Å². The number of aliphatic hydroxyl groups is 1. The van der Waals surface area contributed by atoms with Crippen LogP contribution in [0.25, 0.3) is 5.76 Å². The number of aliphatic hydroxyl groups excluding tert-OH is 1. The van der Waals surface area contributed by atoms with Crippen LogP contribution in [0.4, 0.5) is 0 Å². The van der Waals surface area contributed by atoms with Gasteiger partial charge in [-0.3, -0.25) is 14.4 Å². The molecule has 0 aromatic heterocycles. The highest BCUT2D eigenvalue weighted by molar-refractivity contribution is 6.41. The summed E-state index contributed by atoms with van der Waals surface area (Å²) in [6.45, 7) is 20.2. The predicted molar refractivity (Wildman–Crippen MR) is 199 cm³/mol. The highest BCUT2D eigenvalue weighted by Gasteiger charge is 2.73. The van der Waals surface area contributed by atoms with Crippen LogP contribution in [-0.2, 0) is 14.4 Å². The molecule has 1 aromatic carbocycles. The van der Waals surface area contributed by atoms with Crippen molar-refractivity contribution in [2.24, 2.45) is 22.2 Å². The summed E-state index contributed by atoms with van der Waals surface area (Å²) < 4.78 is 0. The first kappa shape index (κ1) is 39.5. The normalized spacial score (nSPS) is 24.8. The molecular formula is C43H58O6. The van der Waals surface area contributed by atoms with Crippen molar-refractivity contribution in [3.8, 4) is 11.5 Å². The number of allylic oxidation sites excluding steroid dienone is 11. The molecule has 3 rings (SSSR count). The monoisotopic (exact) mass is 670 g/mol. The molecule has 266 valence electrons. The minimum atomic E-state index is -1.62. The van der Waals surface area contributed by atoms with Crippen molar-refractivity contribution in [3.05, 3.63) is 87.6 Å². The minimum absolute atomic E-state index is 0.0190. The van der Waals surface area contributed by atoms with Gasteiger partial charge in [0.25, 0.3) is 0 Å². The number of hydrogen-bond donors (Lipinski definition) is 3. The third-order valence-electron chi connectivity index (χ3n) is 10.8. The van der Waals surface area contributed by atoms with E-state index in [1.54, 1.807) is 0 Å². The quantitative estimate of drug-likeness (QED) is 0.0481. The SMILES string of the molecule is CC(C)=CCCC(C)=CCC12CC(CC=C(C)C)C(C)(C)C(CC=C(C)CCC=C(C)C)(C(=O)C(=C(O)c3ccc(O)c(O)c3)C1=O)C2=O. The van der Waals surface area contributed by atoms with Crippen molar-refractivity contribution < 1.29 is 29.7 Å². The number of phenols is 2. The van der Waals surface area contributed by atoms with Crippen molar-refractivity contribution in [2.75, 3.05) is 0 Å². The van der Waals surface area contributed by atoms with E-state index in [9.17, 15) is 20.1 Å². The van der Waals surface area contributed by atoms with E-state index in [4.69, 9.17) is 0 Å². The van der Waals surface area contributed by atoms with Crippen LogP contribution in [0.5, 0.6) is 11.5 Å². The first-order valence-electron chi connectivity index (χ1n) is 17.6. The van der Waals surface area contributed by atoms with Gasteiger partial charge in [0.2, 0.25) is 0 Å². The fourth-order valence-corrected chi connectivity index (χ4v) is 7.53. The van der Waals surface area contributed by atoms with Gasteiger partial charge in [-0.25, -0.2) is 0 Å². The molecule has 49 heavy (non-hydrogen) atoms. The number of rotatable bonds is 13. The van der Waals surface area contributed by atoms with Crippen molar-refractivity contribution in [1.29, 1.82) is 0 Å². The molecular weight excluding hydrogens is 612 g/mol. The lowest BCUT2D eigenvalue weighted by Gasteiger charge is -2.60. The number of fused-ring (bicyclic) bond motifs is 2. The Labute approximate surface area is 294 Å². The maximum absolute atomic E-state index is 15.3. The average molecular weight is 671 g/mol. The Morgan fingerprint density at radius 2 is 1.27 bits per heavy atom. The van der Waals surface area contributed by atoms with E-state index in [1.807, 2.05) is 53.7 Å². The Balaban J connectivity index is 2.36. The van der Waals surface area contributed by atoms with Gasteiger partial charge in [0.05, 0.1) is 5.41 Å². The maximum Gasteiger partial charge on any atom is 0.184 e. The second-order valence-corrected chi connectivity index (χ2v) is 15.7. The van der Waals surface area contributed by atoms with E-state index < -0.39 is 50.6 Å². The molecule has 3 atom stereocenters. The Bertz CT molecular complexity index is 1650. The summed E-state index contributed by atoms with van der Waals surface area (Å²) in [5.41, 5.74) is 1.22. The summed E-state index contributed by atoms with van der Waals surface area (Å²) in [7, 11) is 0. The molecule has 6 nitrogen and oxygen atoms in total. The zero-order chi connectivity index (χ0) is 36.9. The van der Waals surface area contributed by atoms with E-state index in [1.165, 1.54) is 23.3 Å². The second-order valence-electron chi connectivity index (χ2n) is 15.7. The number of ketones is 3. The molecule has 3 unspecified atom stereocenters. The zero-order valence-corrected chi connectivity index (χ0v) is 31.4. The lowest BCUT2D eigenvalue weighted by atomic mass is 9.38. The largest absolute Gasteiger partial charge is 0.506 e. The van der Waals surface area contributed by atoms with Crippen LogP contribution in [0.15, 0.2) is 82.0 Å². The van der Waals surface area contributed by atoms with Crippen LogP contribution in [0.3, 0.4) is 0 Å². The molecule has 2 bridgehead atoms. The highest BCUT2D eigenvalue weighted by Crippen LogP contribution is 2.65. The Kier molecular flexibility index (Phi) is 12.7. The van der Waals surface area contributed by atoms with E-state index in [0.29, 0.717) is 6.42 Å². The molecule has 2 aliphatic rings. The van der Waals surface area contributed by atoms with Gasteiger partial charge < -0.3 is 15.3 Å². The fourth-order valence-electron chi connectivity index (χ4n) is 7.53. The van der Waals surface area contributed by atoms with Gasteiger partial charge in [0.15, 0.2) is 28.8 Å². The zero-order valence-electron chi connectivity index (χ0n) is 31.4. The molecule has 3 N–H and O–H groups in total. The fraction of sp³-hybridized carbons (Fsp3) is 0.512. The molecule has 0 saturated heterocycles. The smallest absolute Gasteiger partial charge is 0.184 e. The summed E-state index contributed by atoms with van der Waals surface area (Å²) in [6, 6.07) is 3.69. The molecule has 0 spiro atoms. The summed E-state index contributed by atoms with van der Waals surface area (Å²) in [4.78, 5) is 45.3. The third-order valence-corrected chi connectivity index (χ3v) is 10.8. The van der Waals surface area contributed by atoms with Gasteiger partial charge in [-0.15, -0.1) is 0 Å². The van der Waals surface area contributed by atoms with Gasteiger partial charge in [-0.05, 0) is 136 Å². The average Bonchev–Trinajstić information content (AvgIpc) is 3.00. The first-order chi connectivity index (χ1) is 22.8. The lowest BCUT2D eigenvalue weighted by molar-refractivity contribution is -0.176. The van der Waals surface area contributed by atoms with Gasteiger partial charge in [-0.1, -0.05) is 72.1 Å². The van der Waals surface area contributed by atoms with E-state index >= 15 is 9.59 Å². The number of carbonyl (C=O) groups is 3. The molecule has 0 radical (unpaired) electrons. The van der Waals surface area contributed by atoms with Crippen LogP contribution >= 0.6 is 0 Å². The second kappa shape index (κ2) is 15.7. The predicted octanol–water partition coefficient (Wildman–Crippen LogP) is 10.6. The summed E-state index contributed by atoms with van der Waals surface area (Å²) in [6.07, 6.45) is 14.7. The molecule has 0 heterocycles. The lowest BCUT2D eigenvalue weighted by Crippen LogP contribution is -2.69. The Morgan fingerprint density at radius 1 is 0.735 bits per heavy atom. The third kappa shape index (κ3) is 8.11.